The van der Waals surface area contributed by atoms with Gasteiger partial charge in [-0.05, 0) is 56.5 Å². The highest BCUT2D eigenvalue weighted by Crippen LogP contribution is 2.43. The quantitative estimate of drug-likeness (QED) is 0.838. The largest absolute Gasteiger partial charge is 0.387 e. The highest BCUT2D eigenvalue weighted by molar-refractivity contribution is 5.18. The Morgan fingerprint density at radius 3 is 2.42 bits per heavy atom. The van der Waals surface area contributed by atoms with Crippen molar-refractivity contribution in [2.24, 2.45) is 23.7 Å². The van der Waals surface area contributed by atoms with Gasteiger partial charge >= 0.3 is 0 Å². The summed E-state index contributed by atoms with van der Waals surface area (Å²) < 4.78 is 6.45. The molecule has 0 aromatic carbocycles. The molecule has 0 amide bonds. The molecule has 0 spiro atoms. The molecule has 1 N–H and O–H groups in total. The fourth-order valence-corrected chi connectivity index (χ4v) is 5.59. The van der Waals surface area contributed by atoms with Crippen LogP contribution in [0.2, 0.25) is 0 Å². The van der Waals surface area contributed by atoms with Gasteiger partial charge in [0.25, 0.3) is 0 Å². The first kappa shape index (κ1) is 16.8. The van der Waals surface area contributed by atoms with Gasteiger partial charge in [-0.1, -0.05) is 44.1 Å². The zero-order valence-electron chi connectivity index (χ0n) is 15.1. The normalized spacial score (nSPS) is 41.7. The summed E-state index contributed by atoms with van der Waals surface area (Å²) in [6.07, 6.45) is 16.4. The van der Waals surface area contributed by atoms with Crippen LogP contribution in [0.3, 0.4) is 0 Å². The van der Waals surface area contributed by atoms with Crippen LogP contribution in [0.25, 0.3) is 0 Å². The summed E-state index contributed by atoms with van der Waals surface area (Å²) in [6, 6.07) is 0. The van der Waals surface area contributed by atoms with Crippen molar-refractivity contribution in [3.63, 3.8) is 0 Å². The predicted molar refractivity (Wildman–Crippen MR) is 96.7 cm³/mol. The maximum Gasteiger partial charge on any atom is 0.0975 e. The Morgan fingerprint density at radius 1 is 1.08 bits per heavy atom. The third-order valence-electron chi connectivity index (χ3n) is 7.17. The molecule has 5 rings (SSSR count). The zero-order chi connectivity index (χ0) is 16.6. The van der Waals surface area contributed by atoms with Crippen LogP contribution in [0.5, 0.6) is 0 Å². The van der Waals surface area contributed by atoms with Crippen molar-refractivity contribution in [3.8, 4) is 0 Å². The molecule has 3 heteroatoms. The lowest BCUT2D eigenvalue weighted by Crippen LogP contribution is -2.55. The van der Waals surface area contributed by atoms with Crippen LogP contribution in [0.1, 0.15) is 45.4 Å². The van der Waals surface area contributed by atoms with Crippen molar-refractivity contribution in [3.05, 3.63) is 24.3 Å². The maximum atomic E-state index is 11.8. The van der Waals surface area contributed by atoms with Gasteiger partial charge in [-0.25, -0.2) is 0 Å². The van der Waals surface area contributed by atoms with E-state index in [4.69, 9.17) is 4.74 Å². The van der Waals surface area contributed by atoms with Crippen molar-refractivity contribution in [1.29, 1.82) is 0 Å². The van der Waals surface area contributed by atoms with Crippen LogP contribution in [-0.4, -0.2) is 48.0 Å². The lowest BCUT2D eigenvalue weighted by molar-refractivity contribution is -0.158. The van der Waals surface area contributed by atoms with Crippen LogP contribution in [0.4, 0.5) is 0 Å². The van der Waals surface area contributed by atoms with Gasteiger partial charge in [0.2, 0.25) is 0 Å². The Morgan fingerprint density at radius 2 is 1.79 bits per heavy atom. The Bertz CT molecular complexity index is 488. The van der Waals surface area contributed by atoms with Gasteiger partial charge in [-0.15, -0.1) is 0 Å². The summed E-state index contributed by atoms with van der Waals surface area (Å²) in [5.41, 5.74) is -0.705. The lowest BCUT2D eigenvalue weighted by Gasteiger charge is -2.47. The van der Waals surface area contributed by atoms with Gasteiger partial charge in [-0.2, -0.15) is 0 Å². The van der Waals surface area contributed by atoms with E-state index in [0.717, 1.165) is 19.4 Å². The molecule has 0 radical (unpaired) electrons. The topological polar surface area (TPSA) is 32.7 Å². The number of piperidine rings is 3. The third-order valence-corrected chi connectivity index (χ3v) is 7.17. The van der Waals surface area contributed by atoms with Gasteiger partial charge in [0, 0.05) is 12.5 Å². The van der Waals surface area contributed by atoms with E-state index in [2.05, 4.69) is 36.1 Å². The van der Waals surface area contributed by atoms with Crippen molar-refractivity contribution in [2.45, 2.75) is 57.2 Å². The number of nitrogens with zero attached hydrogens (tertiary/aromatic N) is 1. The molecule has 3 nitrogen and oxygen atoms in total. The van der Waals surface area contributed by atoms with E-state index in [1.54, 1.807) is 0 Å². The Kier molecular flexibility index (Phi) is 4.86. The zero-order valence-corrected chi connectivity index (χ0v) is 15.1. The summed E-state index contributed by atoms with van der Waals surface area (Å²) in [5.74, 6) is 1.67. The van der Waals surface area contributed by atoms with E-state index in [9.17, 15) is 5.11 Å². The molecule has 4 unspecified atom stereocenters. The molecular formula is C21H33NO2. The summed E-state index contributed by atoms with van der Waals surface area (Å²) in [5, 5.41) is 11.8. The van der Waals surface area contributed by atoms with E-state index in [1.807, 2.05) is 0 Å². The average Bonchev–Trinajstić information content (AvgIpc) is 3.16. The number of ether oxygens (including phenoxy) is 1. The van der Waals surface area contributed by atoms with Crippen LogP contribution < -0.4 is 0 Å². The fraction of sp³-hybridized carbons (Fsp3) is 0.810. The van der Waals surface area contributed by atoms with E-state index in [-0.39, 0.29) is 5.92 Å². The van der Waals surface area contributed by atoms with Crippen molar-refractivity contribution in [2.75, 3.05) is 26.2 Å². The highest BCUT2D eigenvalue weighted by Gasteiger charge is 2.47. The van der Waals surface area contributed by atoms with Crippen molar-refractivity contribution in [1.82, 2.24) is 4.90 Å². The average molecular weight is 332 g/mol. The molecule has 5 aliphatic rings. The van der Waals surface area contributed by atoms with Gasteiger partial charge in [0.1, 0.15) is 0 Å². The summed E-state index contributed by atoms with van der Waals surface area (Å²) in [6.45, 7) is 6.30. The monoisotopic (exact) mass is 331 g/mol. The Labute approximate surface area is 146 Å². The first-order chi connectivity index (χ1) is 11.7. The minimum Gasteiger partial charge on any atom is -0.387 e. The molecule has 3 heterocycles. The van der Waals surface area contributed by atoms with Crippen molar-refractivity contribution >= 4 is 0 Å². The Hall–Kier alpha value is -0.640. The molecule has 2 bridgehead atoms. The van der Waals surface area contributed by atoms with Crippen LogP contribution in [0, 0.1) is 23.7 Å². The minimum absolute atomic E-state index is 0.187. The number of hydrogen-bond acceptors (Lipinski definition) is 3. The second kappa shape index (κ2) is 6.93. The first-order valence-electron chi connectivity index (χ1n) is 10.1. The van der Waals surface area contributed by atoms with Gasteiger partial charge < -0.3 is 14.7 Å². The van der Waals surface area contributed by atoms with E-state index in [1.165, 1.54) is 38.8 Å². The first-order valence-corrected chi connectivity index (χ1v) is 10.1. The fourth-order valence-electron chi connectivity index (χ4n) is 5.59. The number of allylic oxidation sites excluding steroid dienone is 3. The predicted octanol–water partition coefficient (Wildman–Crippen LogP) is 3.40. The highest BCUT2D eigenvalue weighted by atomic mass is 16.5. The maximum absolute atomic E-state index is 11.8. The number of fused-ring (bicyclic) bond motifs is 3. The van der Waals surface area contributed by atoms with E-state index < -0.39 is 5.60 Å². The molecule has 4 fully saturated rings. The van der Waals surface area contributed by atoms with Gasteiger partial charge in [0.15, 0.2) is 0 Å². The lowest BCUT2D eigenvalue weighted by atomic mass is 9.70. The third kappa shape index (κ3) is 3.11. The standard InChI is InChI=1S/C21H33NO2/c1-16-6-2-5-9-19(16)21(23,18-7-3-4-8-18)15-24-20-14-22-12-10-17(20)11-13-22/h2,5-6,9,16-20,23H,3-4,7-8,10-15H2,1H3. The molecule has 0 aromatic heterocycles. The van der Waals surface area contributed by atoms with Crippen LogP contribution in [0.15, 0.2) is 24.3 Å². The number of rotatable bonds is 5. The molecule has 1 saturated carbocycles. The summed E-state index contributed by atoms with van der Waals surface area (Å²) in [4.78, 5) is 2.53. The van der Waals surface area contributed by atoms with E-state index >= 15 is 0 Å². The molecule has 24 heavy (non-hydrogen) atoms. The summed E-state index contributed by atoms with van der Waals surface area (Å²) in [7, 11) is 0. The van der Waals surface area contributed by atoms with Gasteiger partial charge in [0.05, 0.1) is 18.3 Å². The molecule has 0 aromatic rings. The van der Waals surface area contributed by atoms with Crippen molar-refractivity contribution < 1.29 is 9.84 Å². The second-order valence-corrected chi connectivity index (χ2v) is 8.61. The van der Waals surface area contributed by atoms with Gasteiger partial charge in [-0.3, -0.25) is 0 Å². The van der Waals surface area contributed by atoms with Crippen LogP contribution in [-0.2, 0) is 4.74 Å². The second-order valence-electron chi connectivity index (χ2n) is 8.61. The molecule has 4 atom stereocenters. The number of hydrogen-bond donors (Lipinski definition) is 1. The summed E-state index contributed by atoms with van der Waals surface area (Å²) >= 11 is 0. The molecule has 3 saturated heterocycles. The minimum atomic E-state index is -0.705. The van der Waals surface area contributed by atoms with Crippen LogP contribution >= 0.6 is 0 Å². The van der Waals surface area contributed by atoms with E-state index in [0.29, 0.717) is 30.5 Å². The Balaban J connectivity index is 1.48. The smallest absolute Gasteiger partial charge is 0.0975 e. The SMILES string of the molecule is CC1C=CC=CC1C(O)(COC1CN2CCC1CC2)C1CCCC1. The molecule has 134 valence electrons. The molecule has 2 aliphatic carbocycles. The molecule has 3 aliphatic heterocycles. The molecular weight excluding hydrogens is 298 g/mol. The number of aliphatic hydroxyl groups is 1.